The number of ketones is 1. The van der Waals surface area contributed by atoms with Crippen molar-refractivity contribution < 1.29 is 18.7 Å². The molecule has 0 aliphatic heterocycles. The molecule has 6 nitrogen and oxygen atoms in total. The molecule has 4 fully saturated rings. The van der Waals surface area contributed by atoms with E-state index in [4.69, 9.17) is 0 Å². The molecule has 4 aliphatic carbocycles. The van der Waals surface area contributed by atoms with Gasteiger partial charge in [-0.25, -0.2) is 13.5 Å². The van der Waals surface area contributed by atoms with Gasteiger partial charge in [-0.3, -0.25) is 9.78 Å². The molecule has 3 unspecified atom stereocenters. The maximum atomic E-state index is 13.5. The van der Waals surface area contributed by atoms with Gasteiger partial charge in [-0.05, 0) is 98.9 Å². The Kier molecular flexibility index (Phi) is 5.32. The van der Waals surface area contributed by atoms with Gasteiger partial charge in [0.15, 0.2) is 5.78 Å². The van der Waals surface area contributed by atoms with Crippen LogP contribution in [0.4, 0.5) is 8.78 Å². The van der Waals surface area contributed by atoms with Gasteiger partial charge in [-0.1, -0.05) is 12.1 Å². The van der Waals surface area contributed by atoms with E-state index in [2.05, 4.69) is 22.2 Å². The quantitative estimate of drug-likeness (QED) is 0.700. The van der Waals surface area contributed by atoms with Crippen molar-refractivity contribution in [3.8, 4) is 0 Å². The Hall–Kier alpha value is -1.96. The van der Waals surface area contributed by atoms with Crippen molar-refractivity contribution >= 4 is 16.8 Å². The molecular weight excluding hydrogens is 438 g/mol. The molecule has 34 heavy (non-hydrogen) atoms. The minimum Gasteiger partial charge on any atom is -0.384 e. The minimum atomic E-state index is -2.65. The van der Waals surface area contributed by atoms with Crippen molar-refractivity contribution in [3.63, 3.8) is 0 Å². The van der Waals surface area contributed by atoms with Crippen molar-refractivity contribution in [2.45, 2.75) is 83.3 Å². The fourth-order valence-electron chi connectivity index (χ4n) is 8.84. The van der Waals surface area contributed by atoms with Crippen LogP contribution in [0.3, 0.4) is 0 Å². The van der Waals surface area contributed by atoms with Gasteiger partial charge in [0.1, 0.15) is 17.7 Å². The lowest BCUT2D eigenvalue weighted by Gasteiger charge is -2.57. The summed E-state index contributed by atoms with van der Waals surface area (Å²) in [6, 6.07) is 1.85. The highest BCUT2D eigenvalue weighted by Crippen LogP contribution is 2.65. The van der Waals surface area contributed by atoms with Gasteiger partial charge in [0.05, 0.1) is 11.7 Å². The summed E-state index contributed by atoms with van der Waals surface area (Å²) >= 11 is 0. The van der Waals surface area contributed by atoms with Crippen LogP contribution in [0.5, 0.6) is 0 Å². The van der Waals surface area contributed by atoms with E-state index in [0.717, 1.165) is 44.0 Å². The lowest BCUT2D eigenvalue weighted by Crippen LogP contribution is -2.53. The maximum Gasteiger partial charge on any atom is 0.266 e. The van der Waals surface area contributed by atoms with Crippen LogP contribution >= 0.6 is 0 Å². The molecule has 2 aromatic rings. The Morgan fingerprint density at radius 3 is 2.79 bits per heavy atom. The number of Topliss-reactive ketones (excluding diaryl/α,β-unsaturated/α-hetero) is 1. The third-order valence-electron chi connectivity index (χ3n) is 10.5. The SMILES string of the molecule is C[C@]12CC[C@@H]3C4CC[C@](O)(C(F)F)CC4CCC3[C@@H]1CC[C@@H]2C(=O)Cn1nnc2cnccc21. The van der Waals surface area contributed by atoms with Gasteiger partial charge in [-0.2, -0.15) is 0 Å². The van der Waals surface area contributed by atoms with Crippen molar-refractivity contribution in [1.82, 2.24) is 20.0 Å². The smallest absolute Gasteiger partial charge is 0.266 e. The number of alkyl halides is 2. The number of carbonyl (C=O) groups is 1. The fourth-order valence-corrected chi connectivity index (χ4v) is 8.84. The Bertz CT molecular complexity index is 1090. The number of hydrogen-bond acceptors (Lipinski definition) is 5. The maximum absolute atomic E-state index is 13.5. The summed E-state index contributed by atoms with van der Waals surface area (Å²) in [6.07, 6.45) is 8.00. The van der Waals surface area contributed by atoms with E-state index >= 15 is 0 Å². The van der Waals surface area contributed by atoms with Gasteiger partial charge in [0.2, 0.25) is 0 Å². The van der Waals surface area contributed by atoms with Crippen LogP contribution < -0.4 is 0 Å². The monoisotopic (exact) mass is 472 g/mol. The molecule has 8 heteroatoms. The van der Waals surface area contributed by atoms with E-state index in [1.165, 1.54) is 0 Å². The van der Waals surface area contributed by atoms with Gasteiger partial charge < -0.3 is 5.11 Å². The molecule has 2 heterocycles. The standard InChI is InChI=1S/C26H34F2N4O2/c1-25-9-6-17-16-7-10-26(34,24(27)28)12-15(16)2-3-18(17)19(25)4-5-20(25)23(33)14-32-22-8-11-29-13-21(22)30-31-32/h8,11,13,15-20,24,34H,2-7,9-10,12,14H2,1H3/t15?,16?,17-,18?,19+,20-,25+,26-/m1/s1. The molecule has 2 aromatic heterocycles. The molecule has 6 rings (SSSR count). The van der Waals surface area contributed by atoms with Crippen LogP contribution in [0.2, 0.25) is 0 Å². The zero-order chi connectivity index (χ0) is 23.7. The zero-order valence-corrected chi connectivity index (χ0v) is 19.7. The number of fused-ring (bicyclic) bond motifs is 6. The van der Waals surface area contributed by atoms with E-state index < -0.39 is 12.0 Å². The molecule has 0 radical (unpaired) electrons. The highest BCUT2D eigenvalue weighted by Gasteiger charge is 2.59. The van der Waals surface area contributed by atoms with Crippen LogP contribution in [-0.4, -0.2) is 42.9 Å². The Balaban J connectivity index is 1.18. The lowest BCUT2D eigenvalue weighted by molar-refractivity contribution is -0.160. The lowest BCUT2D eigenvalue weighted by atomic mass is 9.49. The summed E-state index contributed by atoms with van der Waals surface area (Å²) in [4.78, 5) is 17.6. The first-order chi connectivity index (χ1) is 16.3. The third-order valence-corrected chi connectivity index (χ3v) is 10.5. The second-order valence-corrected chi connectivity index (χ2v) is 11.8. The van der Waals surface area contributed by atoms with Gasteiger partial charge in [0, 0.05) is 12.1 Å². The third kappa shape index (κ3) is 3.34. The largest absolute Gasteiger partial charge is 0.384 e. The van der Waals surface area contributed by atoms with E-state index in [1.807, 2.05) is 6.07 Å². The predicted octanol–water partition coefficient (Wildman–Crippen LogP) is 4.66. The topological polar surface area (TPSA) is 80.9 Å². The molecule has 4 aliphatic rings. The number of carbonyl (C=O) groups excluding carboxylic acids is 1. The Morgan fingerprint density at radius 1 is 1.15 bits per heavy atom. The van der Waals surface area contributed by atoms with Crippen LogP contribution in [-0.2, 0) is 11.3 Å². The molecule has 0 amide bonds. The molecule has 8 atom stereocenters. The van der Waals surface area contributed by atoms with Crippen LogP contribution in [0.1, 0.15) is 64.7 Å². The van der Waals surface area contributed by atoms with Crippen molar-refractivity contribution in [2.24, 2.45) is 40.9 Å². The highest BCUT2D eigenvalue weighted by molar-refractivity contribution is 5.84. The molecule has 184 valence electrons. The summed E-state index contributed by atoms with van der Waals surface area (Å²) < 4.78 is 28.6. The second-order valence-electron chi connectivity index (χ2n) is 11.8. The first-order valence-electron chi connectivity index (χ1n) is 13.0. The number of aliphatic hydroxyl groups is 1. The molecule has 1 N–H and O–H groups in total. The molecule has 4 saturated carbocycles. The fraction of sp³-hybridized carbons (Fsp3) is 0.769. The average molecular weight is 473 g/mol. The van der Waals surface area contributed by atoms with Crippen LogP contribution in [0, 0.1) is 40.9 Å². The number of aromatic nitrogens is 4. The normalized spacial score (nSPS) is 41.8. The van der Waals surface area contributed by atoms with Gasteiger partial charge in [0.25, 0.3) is 6.43 Å². The summed E-state index contributed by atoms with van der Waals surface area (Å²) in [7, 11) is 0. The van der Waals surface area contributed by atoms with Gasteiger partial charge >= 0.3 is 0 Å². The summed E-state index contributed by atoms with van der Waals surface area (Å²) in [5, 5.41) is 18.8. The first kappa shape index (κ1) is 22.5. The van der Waals surface area contributed by atoms with Crippen molar-refractivity contribution in [1.29, 1.82) is 0 Å². The average Bonchev–Trinajstić information content (AvgIpc) is 3.39. The number of hydrogen-bond donors (Lipinski definition) is 1. The first-order valence-corrected chi connectivity index (χ1v) is 13.0. The van der Waals surface area contributed by atoms with E-state index in [0.29, 0.717) is 35.6 Å². The number of halogens is 2. The Morgan fingerprint density at radius 2 is 1.97 bits per heavy atom. The predicted molar refractivity (Wildman–Crippen MR) is 122 cm³/mol. The highest BCUT2D eigenvalue weighted by atomic mass is 19.3. The number of rotatable bonds is 4. The van der Waals surface area contributed by atoms with E-state index in [9.17, 15) is 18.7 Å². The summed E-state index contributed by atoms with van der Waals surface area (Å²) in [6.45, 7) is 2.58. The van der Waals surface area contributed by atoms with E-state index in [1.54, 1.807) is 17.1 Å². The Labute approximate surface area is 198 Å². The molecule has 0 spiro atoms. The second kappa shape index (κ2) is 8.04. The van der Waals surface area contributed by atoms with E-state index in [-0.39, 0.29) is 42.4 Å². The molecule has 0 aromatic carbocycles. The molecular formula is C26H34F2N4O2. The minimum absolute atomic E-state index is 0.00139. The number of pyridine rings is 1. The molecule has 0 saturated heterocycles. The zero-order valence-electron chi connectivity index (χ0n) is 19.7. The van der Waals surface area contributed by atoms with Gasteiger partial charge in [-0.15, -0.1) is 5.10 Å². The summed E-state index contributed by atoms with van der Waals surface area (Å²) in [5.41, 5.74) is -0.245. The molecule has 0 bridgehead atoms. The summed E-state index contributed by atoms with van der Waals surface area (Å²) in [5.74, 6) is 2.61. The van der Waals surface area contributed by atoms with Crippen molar-refractivity contribution in [3.05, 3.63) is 18.5 Å². The van der Waals surface area contributed by atoms with Crippen LogP contribution in [0.25, 0.3) is 11.0 Å². The number of nitrogens with zero attached hydrogens (tertiary/aromatic N) is 4. The van der Waals surface area contributed by atoms with Crippen molar-refractivity contribution in [2.75, 3.05) is 0 Å². The van der Waals surface area contributed by atoms with Crippen LogP contribution in [0.15, 0.2) is 18.5 Å².